The maximum Gasteiger partial charge on any atom is 0.322 e. The highest BCUT2D eigenvalue weighted by Gasteiger charge is 2.21. The fourth-order valence-corrected chi connectivity index (χ4v) is 4.00. The largest absolute Gasteiger partial charge is 0.497 e. The van der Waals surface area contributed by atoms with Crippen molar-refractivity contribution in [2.24, 2.45) is 0 Å². The molecule has 0 aliphatic carbocycles. The van der Waals surface area contributed by atoms with Gasteiger partial charge >= 0.3 is 6.03 Å². The number of nitrogens with one attached hydrogen (secondary N) is 1. The first-order chi connectivity index (χ1) is 13.3. The van der Waals surface area contributed by atoms with E-state index in [4.69, 9.17) is 4.74 Å². The molecule has 7 heteroatoms. The van der Waals surface area contributed by atoms with Gasteiger partial charge in [-0.1, -0.05) is 24.3 Å². The minimum atomic E-state index is -3.43. The Morgan fingerprint density at radius 1 is 1.14 bits per heavy atom. The molecule has 0 aromatic heterocycles. The number of anilines is 1. The van der Waals surface area contributed by atoms with Crippen LogP contribution in [0.4, 0.5) is 10.5 Å². The van der Waals surface area contributed by atoms with Gasteiger partial charge in [0.05, 0.1) is 17.7 Å². The highest BCUT2D eigenvalue weighted by Crippen LogP contribution is 2.26. The van der Waals surface area contributed by atoms with E-state index in [1.165, 1.54) is 11.6 Å². The minimum Gasteiger partial charge on any atom is -0.497 e. The number of carbonyl (C=O) groups excluding carboxylic acids is 1. The molecule has 0 spiro atoms. The lowest BCUT2D eigenvalue weighted by molar-refractivity contribution is 0.217. The van der Waals surface area contributed by atoms with E-state index in [1.807, 2.05) is 37.3 Å². The number of carbonyl (C=O) groups is 1. The van der Waals surface area contributed by atoms with Gasteiger partial charge < -0.3 is 15.0 Å². The van der Waals surface area contributed by atoms with Crippen molar-refractivity contribution >= 4 is 27.1 Å². The van der Waals surface area contributed by atoms with Crippen LogP contribution in [0.3, 0.4) is 0 Å². The molecule has 0 atom stereocenters. The lowest BCUT2D eigenvalue weighted by Crippen LogP contribution is -2.38. The van der Waals surface area contributed by atoms with Gasteiger partial charge in [-0.15, -0.1) is 0 Å². The molecule has 0 bridgehead atoms. The zero-order valence-electron chi connectivity index (χ0n) is 16.2. The molecule has 28 heavy (non-hydrogen) atoms. The number of urea groups is 1. The maximum absolute atomic E-state index is 12.7. The number of hydrogen-bond acceptors (Lipinski definition) is 4. The van der Waals surface area contributed by atoms with E-state index >= 15 is 0 Å². The highest BCUT2D eigenvalue weighted by atomic mass is 32.2. The van der Waals surface area contributed by atoms with Crippen LogP contribution in [0.5, 0.6) is 5.75 Å². The maximum atomic E-state index is 12.7. The Labute approximate surface area is 165 Å². The summed E-state index contributed by atoms with van der Waals surface area (Å²) < 4.78 is 29.2. The Bertz CT molecular complexity index is 1010. The summed E-state index contributed by atoms with van der Waals surface area (Å²) >= 11 is 0. The topological polar surface area (TPSA) is 75.7 Å². The van der Waals surface area contributed by atoms with Crippen molar-refractivity contribution in [2.75, 3.05) is 31.8 Å². The standard InChI is InChI=1S/C21H24N2O4S/c1-15-4-9-20(28(3,25)26)19(14-15)22-21(24)23-12-10-17(11-13-23)16-5-7-18(27-2)8-6-16/h4-10,14H,11-13H2,1-3H3,(H,22,24). The summed E-state index contributed by atoms with van der Waals surface area (Å²) in [5, 5.41) is 2.76. The van der Waals surface area contributed by atoms with Gasteiger partial charge in [-0.2, -0.15) is 0 Å². The van der Waals surface area contributed by atoms with E-state index in [1.54, 1.807) is 24.1 Å². The number of benzene rings is 2. The van der Waals surface area contributed by atoms with Crippen molar-refractivity contribution in [2.45, 2.75) is 18.2 Å². The molecule has 3 rings (SSSR count). The summed E-state index contributed by atoms with van der Waals surface area (Å²) in [4.78, 5) is 14.5. The average molecular weight is 401 g/mol. The van der Waals surface area contributed by atoms with Crippen LogP contribution in [0.15, 0.2) is 53.4 Å². The third-order valence-electron chi connectivity index (χ3n) is 4.73. The summed E-state index contributed by atoms with van der Waals surface area (Å²) in [6.07, 6.45) is 3.89. The van der Waals surface area contributed by atoms with Crippen LogP contribution < -0.4 is 10.1 Å². The molecule has 1 N–H and O–H groups in total. The summed E-state index contributed by atoms with van der Waals surface area (Å²) in [5.41, 5.74) is 3.48. The third-order valence-corrected chi connectivity index (χ3v) is 5.89. The molecule has 2 aromatic carbocycles. The van der Waals surface area contributed by atoms with Crippen LogP contribution >= 0.6 is 0 Å². The van der Waals surface area contributed by atoms with Gasteiger partial charge in [0.25, 0.3) is 0 Å². The van der Waals surface area contributed by atoms with E-state index in [-0.39, 0.29) is 10.9 Å². The number of methoxy groups -OCH3 is 1. The van der Waals surface area contributed by atoms with Gasteiger partial charge in [0.2, 0.25) is 0 Å². The first-order valence-electron chi connectivity index (χ1n) is 8.98. The predicted octanol–water partition coefficient (Wildman–Crippen LogP) is 3.73. The van der Waals surface area contributed by atoms with Gasteiger partial charge in [-0.3, -0.25) is 0 Å². The third kappa shape index (κ3) is 4.54. The van der Waals surface area contributed by atoms with Crippen LogP contribution in [0, 0.1) is 6.92 Å². The van der Waals surface area contributed by atoms with E-state index in [0.29, 0.717) is 18.8 Å². The number of amides is 2. The van der Waals surface area contributed by atoms with Gasteiger partial charge in [-0.25, -0.2) is 13.2 Å². The van der Waals surface area contributed by atoms with Crippen LogP contribution in [0.25, 0.3) is 5.57 Å². The van der Waals surface area contributed by atoms with Crippen LogP contribution in [-0.2, 0) is 9.84 Å². The van der Waals surface area contributed by atoms with Crippen molar-refractivity contribution < 1.29 is 17.9 Å². The van der Waals surface area contributed by atoms with Crippen molar-refractivity contribution in [3.63, 3.8) is 0 Å². The Balaban J connectivity index is 1.72. The van der Waals surface area contributed by atoms with Crippen molar-refractivity contribution in [3.05, 3.63) is 59.7 Å². The van der Waals surface area contributed by atoms with E-state index in [2.05, 4.69) is 5.32 Å². The zero-order valence-corrected chi connectivity index (χ0v) is 17.0. The second kappa shape index (κ2) is 8.06. The number of aryl methyl sites for hydroxylation is 1. The minimum absolute atomic E-state index is 0.123. The van der Waals surface area contributed by atoms with Crippen LogP contribution in [-0.4, -0.2) is 45.8 Å². The van der Waals surface area contributed by atoms with Gasteiger partial charge in [-0.05, 0) is 54.3 Å². The zero-order chi connectivity index (χ0) is 20.3. The first kappa shape index (κ1) is 19.9. The highest BCUT2D eigenvalue weighted by molar-refractivity contribution is 7.90. The number of nitrogens with zero attached hydrogens (tertiary/aromatic N) is 1. The molecule has 6 nitrogen and oxygen atoms in total. The molecule has 2 aromatic rings. The SMILES string of the molecule is COc1ccc(C2=CCN(C(=O)Nc3cc(C)ccc3S(C)(=O)=O)CC2)cc1. The number of sulfone groups is 1. The van der Waals surface area contributed by atoms with Crippen molar-refractivity contribution in [1.82, 2.24) is 4.90 Å². The van der Waals surface area contributed by atoms with E-state index in [0.717, 1.165) is 29.6 Å². The molecule has 2 amide bonds. The van der Waals surface area contributed by atoms with E-state index < -0.39 is 9.84 Å². The molecule has 1 heterocycles. The van der Waals surface area contributed by atoms with Gasteiger partial charge in [0.1, 0.15) is 5.75 Å². The summed E-state index contributed by atoms with van der Waals surface area (Å²) in [5.74, 6) is 0.806. The fourth-order valence-electron chi connectivity index (χ4n) is 3.18. The molecule has 0 unspecified atom stereocenters. The average Bonchev–Trinajstić information content (AvgIpc) is 2.67. The predicted molar refractivity (Wildman–Crippen MR) is 110 cm³/mol. The quantitative estimate of drug-likeness (QED) is 0.849. The van der Waals surface area contributed by atoms with Crippen LogP contribution in [0.1, 0.15) is 17.5 Å². The fraction of sp³-hybridized carbons (Fsp3) is 0.286. The van der Waals surface area contributed by atoms with E-state index in [9.17, 15) is 13.2 Å². The normalized spacial score (nSPS) is 14.4. The first-order valence-corrected chi connectivity index (χ1v) is 10.9. The van der Waals surface area contributed by atoms with Crippen LogP contribution in [0.2, 0.25) is 0 Å². The van der Waals surface area contributed by atoms with Gasteiger partial charge in [0, 0.05) is 19.3 Å². The number of rotatable bonds is 4. The Morgan fingerprint density at radius 3 is 2.43 bits per heavy atom. The van der Waals surface area contributed by atoms with Crippen molar-refractivity contribution in [1.29, 1.82) is 0 Å². The Kier molecular flexibility index (Phi) is 5.74. The summed E-state index contributed by atoms with van der Waals surface area (Å²) in [6, 6.07) is 12.5. The molecule has 1 aliphatic rings. The lowest BCUT2D eigenvalue weighted by Gasteiger charge is -2.27. The monoisotopic (exact) mass is 400 g/mol. The molecule has 0 saturated heterocycles. The molecule has 0 saturated carbocycles. The molecule has 148 valence electrons. The molecule has 1 aliphatic heterocycles. The smallest absolute Gasteiger partial charge is 0.322 e. The second-order valence-corrected chi connectivity index (χ2v) is 8.84. The Hall–Kier alpha value is -2.80. The Morgan fingerprint density at radius 2 is 1.86 bits per heavy atom. The molecular weight excluding hydrogens is 376 g/mol. The van der Waals surface area contributed by atoms with Crippen molar-refractivity contribution in [3.8, 4) is 5.75 Å². The molecular formula is C21H24N2O4S. The number of hydrogen-bond donors (Lipinski definition) is 1. The lowest BCUT2D eigenvalue weighted by atomic mass is 9.99. The summed E-state index contributed by atoms with van der Waals surface area (Å²) in [7, 11) is -1.80. The molecule has 0 radical (unpaired) electrons. The molecule has 0 fully saturated rings. The van der Waals surface area contributed by atoms with Gasteiger partial charge in [0.15, 0.2) is 9.84 Å². The number of ether oxygens (including phenoxy) is 1. The summed E-state index contributed by atoms with van der Waals surface area (Å²) in [6.45, 7) is 2.88. The second-order valence-electron chi connectivity index (χ2n) is 6.86.